The number of fused-ring (bicyclic) bond motifs is 1. The molecule has 0 aliphatic heterocycles. The van der Waals surface area contributed by atoms with E-state index in [4.69, 9.17) is 35.4 Å². The molecule has 4 aromatic rings. The summed E-state index contributed by atoms with van der Waals surface area (Å²) >= 11 is 17.5. The van der Waals surface area contributed by atoms with Crippen LogP contribution in [-0.4, -0.2) is 25.7 Å². The standard InChI is InChI=1S/C20H17Cl2N5S/c1-2-19-24-25-20(28)27(19)23-10-14-12-26(18-6-4-3-5-15(14)18)11-13-7-8-16(21)17(22)9-13/h3-10,12H,2,11H2,1H3,(H,25,28)/b23-10-. The van der Waals surface area contributed by atoms with Crippen LogP contribution in [-0.2, 0) is 13.0 Å². The Bertz CT molecular complexity index is 1240. The molecule has 0 radical (unpaired) electrons. The van der Waals surface area contributed by atoms with Gasteiger partial charge in [0, 0.05) is 35.6 Å². The van der Waals surface area contributed by atoms with Gasteiger partial charge >= 0.3 is 0 Å². The highest BCUT2D eigenvalue weighted by molar-refractivity contribution is 7.71. The van der Waals surface area contributed by atoms with Crippen LogP contribution in [0.1, 0.15) is 23.9 Å². The molecule has 28 heavy (non-hydrogen) atoms. The number of aryl methyl sites for hydroxylation is 1. The fraction of sp³-hybridized carbons (Fsp3) is 0.150. The minimum atomic E-state index is 0.479. The van der Waals surface area contributed by atoms with Crippen molar-refractivity contribution in [2.45, 2.75) is 19.9 Å². The molecule has 0 saturated carbocycles. The molecule has 0 aliphatic rings. The number of hydrogen-bond donors (Lipinski definition) is 1. The van der Waals surface area contributed by atoms with Gasteiger partial charge in [0.15, 0.2) is 5.82 Å². The Balaban J connectivity index is 1.74. The van der Waals surface area contributed by atoms with E-state index in [1.165, 1.54) is 0 Å². The summed E-state index contributed by atoms with van der Waals surface area (Å²) in [5.41, 5.74) is 3.19. The summed E-state index contributed by atoms with van der Waals surface area (Å²) in [6.45, 7) is 2.69. The predicted octanol–water partition coefficient (Wildman–Crippen LogP) is 5.70. The Labute approximate surface area is 177 Å². The summed E-state index contributed by atoms with van der Waals surface area (Å²) in [6.07, 6.45) is 4.63. The van der Waals surface area contributed by atoms with E-state index in [2.05, 4.69) is 38.2 Å². The molecule has 0 bridgehead atoms. The van der Waals surface area contributed by atoms with Gasteiger partial charge in [-0.25, -0.2) is 0 Å². The molecule has 0 atom stereocenters. The monoisotopic (exact) mass is 429 g/mol. The molecule has 2 aromatic heterocycles. The van der Waals surface area contributed by atoms with E-state index < -0.39 is 0 Å². The normalized spacial score (nSPS) is 11.7. The smallest absolute Gasteiger partial charge is 0.216 e. The predicted molar refractivity (Wildman–Crippen MR) is 117 cm³/mol. The van der Waals surface area contributed by atoms with Crippen LogP contribution in [0.2, 0.25) is 10.0 Å². The highest BCUT2D eigenvalue weighted by Crippen LogP contribution is 2.25. The van der Waals surface area contributed by atoms with Crippen LogP contribution in [0, 0.1) is 4.77 Å². The SMILES string of the molecule is CCc1n[nH]c(=S)n1/N=C\c1cn(Cc2ccc(Cl)c(Cl)c2)c2ccccc12. The minimum absolute atomic E-state index is 0.479. The quantitative estimate of drug-likeness (QED) is 0.326. The first-order valence-electron chi connectivity index (χ1n) is 8.79. The molecule has 2 heterocycles. The zero-order valence-corrected chi connectivity index (χ0v) is 17.4. The summed E-state index contributed by atoms with van der Waals surface area (Å²) in [5, 5.41) is 13.7. The Morgan fingerprint density at radius 2 is 2.00 bits per heavy atom. The van der Waals surface area contributed by atoms with Crippen LogP contribution in [0.15, 0.2) is 53.8 Å². The van der Waals surface area contributed by atoms with Gasteiger partial charge in [0.05, 0.1) is 16.3 Å². The average Bonchev–Trinajstić information content (AvgIpc) is 3.23. The highest BCUT2D eigenvalue weighted by Gasteiger charge is 2.09. The van der Waals surface area contributed by atoms with E-state index >= 15 is 0 Å². The van der Waals surface area contributed by atoms with Crippen molar-refractivity contribution in [1.82, 2.24) is 19.4 Å². The molecular formula is C20H17Cl2N5S. The minimum Gasteiger partial charge on any atom is -0.342 e. The Hall–Kier alpha value is -2.41. The van der Waals surface area contributed by atoms with E-state index in [0.29, 0.717) is 21.4 Å². The van der Waals surface area contributed by atoms with Crippen LogP contribution in [0.4, 0.5) is 0 Å². The molecule has 0 aliphatic carbocycles. The fourth-order valence-electron chi connectivity index (χ4n) is 3.14. The van der Waals surface area contributed by atoms with Gasteiger partial charge < -0.3 is 4.57 Å². The molecule has 0 unspecified atom stereocenters. The molecule has 5 nitrogen and oxygen atoms in total. The Kier molecular flexibility index (Phi) is 5.35. The van der Waals surface area contributed by atoms with Crippen LogP contribution >= 0.6 is 35.4 Å². The molecule has 0 amide bonds. The first-order chi connectivity index (χ1) is 13.6. The van der Waals surface area contributed by atoms with Crippen LogP contribution in [0.25, 0.3) is 10.9 Å². The van der Waals surface area contributed by atoms with Gasteiger partial charge in [-0.3, -0.25) is 5.10 Å². The van der Waals surface area contributed by atoms with E-state index in [1.54, 1.807) is 4.68 Å². The fourth-order valence-corrected chi connectivity index (χ4v) is 3.65. The number of benzene rings is 2. The van der Waals surface area contributed by atoms with E-state index in [0.717, 1.165) is 34.3 Å². The first kappa shape index (κ1) is 18.9. The van der Waals surface area contributed by atoms with Gasteiger partial charge in [-0.1, -0.05) is 54.4 Å². The van der Waals surface area contributed by atoms with Gasteiger partial charge in [0.1, 0.15) is 0 Å². The number of nitrogens with one attached hydrogen (secondary N) is 1. The van der Waals surface area contributed by atoms with Crippen molar-refractivity contribution in [2.24, 2.45) is 5.10 Å². The lowest BCUT2D eigenvalue weighted by Gasteiger charge is -2.06. The van der Waals surface area contributed by atoms with E-state index in [1.807, 2.05) is 43.5 Å². The maximum Gasteiger partial charge on any atom is 0.216 e. The van der Waals surface area contributed by atoms with Gasteiger partial charge in [-0.05, 0) is 36.0 Å². The number of nitrogens with zero attached hydrogens (tertiary/aromatic N) is 4. The summed E-state index contributed by atoms with van der Waals surface area (Å²) in [5.74, 6) is 0.792. The second-order valence-corrected chi connectivity index (χ2v) is 7.53. The number of para-hydroxylation sites is 1. The molecule has 1 N–H and O–H groups in total. The topological polar surface area (TPSA) is 50.9 Å². The molecule has 8 heteroatoms. The van der Waals surface area contributed by atoms with Crippen LogP contribution in [0.3, 0.4) is 0 Å². The van der Waals surface area contributed by atoms with Crippen molar-refractivity contribution < 1.29 is 0 Å². The van der Waals surface area contributed by atoms with Crippen LogP contribution in [0.5, 0.6) is 0 Å². The number of rotatable bonds is 5. The lowest BCUT2D eigenvalue weighted by atomic mass is 10.2. The summed E-state index contributed by atoms with van der Waals surface area (Å²) in [7, 11) is 0. The van der Waals surface area contributed by atoms with Gasteiger partial charge in [0.2, 0.25) is 4.77 Å². The third-order valence-corrected chi connectivity index (χ3v) is 5.51. The number of hydrogen-bond acceptors (Lipinski definition) is 3. The zero-order chi connectivity index (χ0) is 19.7. The maximum absolute atomic E-state index is 6.17. The van der Waals surface area contributed by atoms with Gasteiger partial charge in [-0.2, -0.15) is 14.9 Å². The summed E-state index contributed by atoms with van der Waals surface area (Å²) in [4.78, 5) is 0. The number of aromatic amines is 1. The second kappa shape index (κ2) is 7.91. The first-order valence-corrected chi connectivity index (χ1v) is 9.95. The molecular weight excluding hydrogens is 413 g/mol. The average molecular weight is 430 g/mol. The van der Waals surface area contributed by atoms with Crippen molar-refractivity contribution in [3.05, 3.63) is 80.4 Å². The lowest BCUT2D eigenvalue weighted by molar-refractivity contribution is 0.780. The van der Waals surface area contributed by atoms with Crippen molar-refractivity contribution in [3.63, 3.8) is 0 Å². The molecule has 0 fully saturated rings. The Morgan fingerprint density at radius 3 is 2.79 bits per heavy atom. The summed E-state index contributed by atoms with van der Waals surface area (Å²) < 4.78 is 4.30. The van der Waals surface area contributed by atoms with Gasteiger partial charge in [0.25, 0.3) is 0 Å². The third-order valence-electron chi connectivity index (χ3n) is 4.50. The lowest BCUT2D eigenvalue weighted by Crippen LogP contribution is -1.98. The molecule has 4 rings (SSSR count). The zero-order valence-electron chi connectivity index (χ0n) is 15.1. The second-order valence-electron chi connectivity index (χ2n) is 6.33. The van der Waals surface area contributed by atoms with Crippen molar-refractivity contribution in [1.29, 1.82) is 0 Å². The third kappa shape index (κ3) is 3.63. The summed E-state index contributed by atoms with van der Waals surface area (Å²) in [6, 6.07) is 13.9. The molecule has 0 saturated heterocycles. The van der Waals surface area contributed by atoms with Crippen LogP contribution < -0.4 is 0 Å². The maximum atomic E-state index is 6.17. The van der Waals surface area contributed by atoms with Crippen molar-refractivity contribution in [2.75, 3.05) is 0 Å². The molecule has 142 valence electrons. The number of aromatic nitrogens is 4. The highest BCUT2D eigenvalue weighted by atomic mass is 35.5. The van der Waals surface area contributed by atoms with E-state index in [-0.39, 0.29) is 0 Å². The van der Waals surface area contributed by atoms with E-state index in [9.17, 15) is 0 Å². The Morgan fingerprint density at radius 1 is 1.18 bits per heavy atom. The van der Waals surface area contributed by atoms with Crippen molar-refractivity contribution in [3.8, 4) is 0 Å². The number of H-pyrrole nitrogens is 1. The largest absolute Gasteiger partial charge is 0.342 e. The molecule has 0 spiro atoms. The molecule has 2 aromatic carbocycles. The number of halogens is 2. The van der Waals surface area contributed by atoms with Gasteiger partial charge in [-0.15, -0.1) is 0 Å². The van der Waals surface area contributed by atoms with Crippen molar-refractivity contribution >= 4 is 52.5 Å².